The topological polar surface area (TPSA) is 76.7 Å². The van der Waals surface area contributed by atoms with Crippen molar-refractivity contribution < 1.29 is 19.1 Å². The zero-order valence-corrected chi connectivity index (χ0v) is 14.5. The van der Waals surface area contributed by atoms with E-state index in [1.807, 2.05) is 0 Å². The van der Waals surface area contributed by atoms with Gasteiger partial charge < -0.3 is 20.1 Å². The number of amides is 2. The quantitative estimate of drug-likeness (QED) is 0.792. The molecule has 1 heterocycles. The Labute approximate surface area is 154 Å². The monoisotopic (exact) mass is 380 g/mol. The second-order valence-electron chi connectivity index (χ2n) is 5.23. The van der Waals surface area contributed by atoms with E-state index in [4.69, 9.17) is 32.7 Å². The van der Waals surface area contributed by atoms with Crippen LogP contribution in [-0.2, 0) is 9.59 Å². The van der Waals surface area contributed by atoms with Crippen LogP contribution < -0.4 is 20.1 Å². The van der Waals surface area contributed by atoms with E-state index < -0.39 is 11.8 Å². The van der Waals surface area contributed by atoms with Gasteiger partial charge in [-0.2, -0.15) is 0 Å². The normalized spacial score (nSPS) is 12.4. The van der Waals surface area contributed by atoms with Gasteiger partial charge in [-0.3, -0.25) is 9.59 Å². The van der Waals surface area contributed by atoms with Crippen LogP contribution in [0.5, 0.6) is 11.5 Å². The number of anilines is 2. The molecule has 0 radical (unpaired) electrons. The second kappa shape index (κ2) is 7.63. The molecule has 0 atom stereocenters. The van der Waals surface area contributed by atoms with Crippen molar-refractivity contribution in [3.8, 4) is 11.5 Å². The maximum atomic E-state index is 12.0. The van der Waals surface area contributed by atoms with E-state index in [9.17, 15) is 9.59 Å². The van der Waals surface area contributed by atoms with Gasteiger partial charge in [0, 0.05) is 11.8 Å². The van der Waals surface area contributed by atoms with Crippen molar-refractivity contribution in [3.63, 3.8) is 0 Å². The molecule has 2 aromatic carbocycles. The molecule has 25 heavy (non-hydrogen) atoms. The minimum Gasteiger partial charge on any atom is -0.486 e. The molecule has 0 aliphatic carbocycles. The van der Waals surface area contributed by atoms with Crippen LogP contribution in [-0.4, -0.2) is 25.0 Å². The van der Waals surface area contributed by atoms with Gasteiger partial charge in [0.05, 0.1) is 15.7 Å². The van der Waals surface area contributed by atoms with Crippen LogP contribution in [0.1, 0.15) is 6.42 Å². The van der Waals surface area contributed by atoms with Crippen molar-refractivity contribution in [2.75, 3.05) is 23.8 Å². The van der Waals surface area contributed by atoms with E-state index in [1.54, 1.807) is 36.4 Å². The molecule has 8 heteroatoms. The van der Waals surface area contributed by atoms with Gasteiger partial charge in [0.1, 0.15) is 19.6 Å². The summed E-state index contributed by atoms with van der Waals surface area (Å²) < 4.78 is 10.9. The Balaban J connectivity index is 1.58. The van der Waals surface area contributed by atoms with Crippen LogP contribution in [0.2, 0.25) is 10.0 Å². The van der Waals surface area contributed by atoms with Gasteiger partial charge in [-0.25, -0.2) is 0 Å². The van der Waals surface area contributed by atoms with Gasteiger partial charge in [-0.15, -0.1) is 0 Å². The highest BCUT2D eigenvalue weighted by Gasteiger charge is 2.15. The largest absolute Gasteiger partial charge is 0.486 e. The average Bonchev–Trinajstić information content (AvgIpc) is 2.58. The standard InChI is InChI=1S/C17H14Cl2N2O4/c18-11-2-1-3-12(17(11)19)21-16(23)9-15(22)20-10-4-5-13-14(8-10)25-7-6-24-13/h1-5,8H,6-7,9H2,(H,20,22)(H,21,23). The molecular formula is C17H14Cl2N2O4. The number of carbonyl (C=O) groups is 2. The van der Waals surface area contributed by atoms with Crippen LogP contribution in [0.4, 0.5) is 11.4 Å². The number of fused-ring (bicyclic) bond motifs is 1. The Bertz CT molecular complexity index is 826. The van der Waals surface area contributed by atoms with Gasteiger partial charge in [-0.05, 0) is 24.3 Å². The van der Waals surface area contributed by atoms with Crippen molar-refractivity contribution >= 4 is 46.4 Å². The van der Waals surface area contributed by atoms with Crippen LogP contribution in [0.25, 0.3) is 0 Å². The van der Waals surface area contributed by atoms with Crippen LogP contribution >= 0.6 is 23.2 Å². The summed E-state index contributed by atoms with van der Waals surface area (Å²) in [6.07, 6.45) is -0.364. The second-order valence-corrected chi connectivity index (χ2v) is 6.02. The fraction of sp³-hybridized carbons (Fsp3) is 0.176. The van der Waals surface area contributed by atoms with E-state index in [1.165, 1.54) is 0 Å². The lowest BCUT2D eigenvalue weighted by atomic mass is 10.2. The van der Waals surface area contributed by atoms with Gasteiger partial charge in [0.15, 0.2) is 11.5 Å². The molecule has 0 aromatic heterocycles. The molecular weight excluding hydrogens is 367 g/mol. The van der Waals surface area contributed by atoms with Crippen molar-refractivity contribution in [3.05, 3.63) is 46.4 Å². The summed E-state index contributed by atoms with van der Waals surface area (Å²) in [7, 11) is 0. The first kappa shape index (κ1) is 17.4. The van der Waals surface area contributed by atoms with E-state index in [-0.39, 0.29) is 11.4 Å². The third-order valence-electron chi connectivity index (χ3n) is 3.37. The van der Waals surface area contributed by atoms with E-state index in [0.717, 1.165) is 0 Å². The number of hydrogen-bond acceptors (Lipinski definition) is 4. The Morgan fingerprint density at radius 2 is 1.68 bits per heavy atom. The van der Waals surface area contributed by atoms with Gasteiger partial charge >= 0.3 is 0 Å². The number of hydrogen-bond donors (Lipinski definition) is 2. The highest BCUT2D eigenvalue weighted by Crippen LogP contribution is 2.32. The van der Waals surface area contributed by atoms with Crippen LogP contribution in [0.15, 0.2) is 36.4 Å². The number of halogens is 2. The predicted molar refractivity (Wildman–Crippen MR) is 95.8 cm³/mol. The highest BCUT2D eigenvalue weighted by molar-refractivity contribution is 6.44. The Morgan fingerprint density at radius 1 is 0.960 bits per heavy atom. The summed E-state index contributed by atoms with van der Waals surface area (Å²) in [6, 6.07) is 9.89. The predicted octanol–water partition coefficient (Wildman–Crippen LogP) is 3.73. The SMILES string of the molecule is O=C(CC(=O)Nc1cccc(Cl)c1Cl)Nc1ccc2c(c1)OCCO2. The number of ether oxygens (including phenoxy) is 2. The smallest absolute Gasteiger partial charge is 0.233 e. The lowest BCUT2D eigenvalue weighted by molar-refractivity contribution is -0.123. The molecule has 0 unspecified atom stereocenters. The summed E-state index contributed by atoms with van der Waals surface area (Å²) >= 11 is 11.9. The average molecular weight is 381 g/mol. The first-order valence-corrected chi connectivity index (χ1v) is 8.22. The third kappa shape index (κ3) is 4.35. The number of nitrogens with one attached hydrogen (secondary N) is 2. The first-order chi connectivity index (χ1) is 12.0. The van der Waals surface area contributed by atoms with Crippen LogP contribution in [0.3, 0.4) is 0 Å². The lowest BCUT2D eigenvalue weighted by Gasteiger charge is -2.19. The number of carbonyl (C=O) groups excluding carboxylic acids is 2. The minimum atomic E-state index is -0.501. The lowest BCUT2D eigenvalue weighted by Crippen LogP contribution is -2.22. The van der Waals surface area contributed by atoms with Crippen molar-refractivity contribution in [2.45, 2.75) is 6.42 Å². The summed E-state index contributed by atoms with van der Waals surface area (Å²) in [5.74, 6) is 0.211. The van der Waals surface area contributed by atoms with Crippen molar-refractivity contribution in [1.29, 1.82) is 0 Å². The molecule has 0 saturated carbocycles. The molecule has 6 nitrogen and oxygen atoms in total. The van der Waals surface area contributed by atoms with Gasteiger partial charge in [0.2, 0.25) is 11.8 Å². The third-order valence-corrected chi connectivity index (χ3v) is 4.19. The highest BCUT2D eigenvalue weighted by atomic mass is 35.5. The molecule has 0 fully saturated rings. The Hall–Kier alpha value is -2.44. The molecule has 3 rings (SSSR count). The Morgan fingerprint density at radius 3 is 2.48 bits per heavy atom. The first-order valence-electron chi connectivity index (χ1n) is 7.46. The number of rotatable bonds is 4. The molecule has 1 aliphatic rings. The zero-order chi connectivity index (χ0) is 17.8. The van der Waals surface area contributed by atoms with Crippen LogP contribution in [0, 0.1) is 0 Å². The van der Waals surface area contributed by atoms with Gasteiger partial charge in [-0.1, -0.05) is 29.3 Å². The molecule has 0 saturated heterocycles. The van der Waals surface area contributed by atoms with Crippen molar-refractivity contribution in [2.24, 2.45) is 0 Å². The van der Waals surface area contributed by atoms with E-state index in [2.05, 4.69) is 10.6 Å². The molecule has 2 amide bonds. The molecule has 2 N–H and O–H groups in total. The minimum absolute atomic E-state index is 0.227. The summed E-state index contributed by atoms with van der Waals surface area (Å²) in [6.45, 7) is 0.943. The van der Waals surface area contributed by atoms with Gasteiger partial charge in [0.25, 0.3) is 0 Å². The van der Waals surface area contributed by atoms with E-state index >= 15 is 0 Å². The molecule has 0 spiro atoms. The molecule has 2 aromatic rings. The zero-order valence-electron chi connectivity index (χ0n) is 13.0. The maximum Gasteiger partial charge on any atom is 0.233 e. The van der Waals surface area contributed by atoms with E-state index in [0.29, 0.717) is 41.1 Å². The maximum absolute atomic E-state index is 12.0. The summed E-state index contributed by atoms with van der Waals surface area (Å²) in [4.78, 5) is 24.0. The fourth-order valence-electron chi connectivity index (χ4n) is 2.27. The summed E-state index contributed by atoms with van der Waals surface area (Å²) in [5.41, 5.74) is 0.870. The fourth-order valence-corrected chi connectivity index (χ4v) is 2.61. The summed E-state index contributed by atoms with van der Waals surface area (Å²) in [5, 5.41) is 5.74. The number of benzene rings is 2. The van der Waals surface area contributed by atoms with Crippen molar-refractivity contribution in [1.82, 2.24) is 0 Å². The molecule has 0 bridgehead atoms. The molecule has 130 valence electrons. The Kier molecular flexibility index (Phi) is 5.31. The molecule has 1 aliphatic heterocycles.